The molecule has 1 amide bonds. The standard InChI is InChI=1S/C19H23NO3/c1-3-23-18-12-8-7-11-16(18)19(22)20-14(2)13-17(21)15-9-5-4-6-10-15/h4-12,14,17,21H,3,13H2,1-2H3,(H,20,22). The largest absolute Gasteiger partial charge is 0.493 e. The van der Waals surface area contributed by atoms with Crippen molar-refractivity contribution < 1.29 is 14.6 Å². The lowest BCUT2D eigenvalue weighted by atomic mass is 10.0. The number of aliphatic hydroxyl groups is 1. The first-order valence-corrected chi connectivity index (χ1v) is 7.87. The molecule has 122 valence electrons. The summed E-state index contributed by atoms with van der Waals surface area (Å²) < 4.78 is 5.48. The number of hydrogen-bond donors (Lipinski definition) is 2. The molecule has 0 bridgehead atoms. The van der Waals surface area contributed by atoms with Gasteiger partial charge in [0.15, 0.2) is 0 Å². The molecule has 2 atom stereocenters. The van der Waals surface area contributed by atoms with Crippen molar-refractivity contribution in [3.05, 3.63) is 65.7 Å². The van der Waals surface area contributed by atoms with Crippen molar-refractivity contribution in [2.75, 3.05) is 6.61 Å². The van der Waals surface area contributed by atoms with Crippen molar-refractivity contribution in [1.29, 1.82) is 0 Å². The van der Waals surface area contributed by atoms with Crippen LogP contribution in [0.5, 0.6) is 5.75 Å². The van der Waals surface area contributed by atoms with Crippen LogP contribution in [0.1, 0.15) is 42.3 Å². The highest BCUT2D eigenvalue weighted by atomic mass is 16.5. The van der Waals surface area contributed by atoms with Gasteiger partial charge in [0.25, 0.3) is 5.91 Å². The van der Waals surface area contributed by atoms with Crippen LogP contribution in [0.3, 0.4) is 0 Å². The Morgan fingerprint density at radius 1 is 1.13 bits per heavy atom. The summed E-state index contributed by atoms with van der Waals surface area (Å²) in [5, 5.41) is 13.2. The van der Waals surface area contributed by atoms with Crippen molar-refractivity contribution in [2.45, 2.75) is 32.4 Å². The quantitative estimate of drug-likeness (QED) is 0.824. The summed E-state index contributed by atoms with van der Waals surface area (Å²) in [5.41, 5.74) is 1.36. The van der Waals surface area contributed by atoms with Crippen LogP contribution in [-0.2, 0) is 0 Å². The molecular weight excluding hydrogens is 290 g/mol. The summed E-state index contributed by atoms with van der Waals surface area (Å²) >= 11 is 0. The zero-order chi connectivity index (χ0) is 16.7. The minimum atomic E-state index is -0.603. The molecule has 0 aliphatic rings. The Labute approximate surface area is 137 Å². The Bertz CT molecular complexity index is 628. The lowest BCUT2D eigenvalue weighted by Gasteiger charge is -2.19. The molecule has 4 nitrogen and oxygen atoms in total. The fourth-order valence-corrected chi connectivity index (χ4v) is 2.44. The van der Waals surface area contributed by atoms with Crippen LogP contribution in [-0.4, -0.2) is 23.7 Å². The van der Waals surface area contributed by atoms with Crippen LogP contribution >= 0.6 is 0 Å². The molecule has 0 radical (unpaired) electrons. The van der Waals surface area contributed by atoms with E-state index in [0.717, 1.165) is 5.56 Å². The summed E-state index contributed by atoms with van der Waals surface area (Å²) in [6.45, 7) is 4.27. The second-order valence-electron chi connectivity index (χ2n) is 5.47. The number of nitrogens with one attached hydrogen (secondary N) is 1. The Kier molecular flexibility index (Phi) is 6.18. The lowest BCUT2D eigenvalue weighted by molar-refractivity contribution is 0.0913. The first-order valence-electron chi connectivity index (χ1n) is 7.87. The molecule has 0 aromatic heterocycles. The number of carbonyl (C=O) groups excluding carboxylic acids is 1. The summed E-state index contributed by atoms with van der Waals surface area (Å²) in [4.78, 5) is 12.4. The number of rotatable bonds is 7. The first kappa shape index (κ1) is 17.0. The van der Waals surface area contributed by atoms with Crippen molar-refractivity contribution in [3.63, 3.8) is 0 Å². The summed E-state index contributed by atoms with van der Waals surface area (Å²) in [6, 6.07) is 16.4. The minimum absolute atomic E-state index is 0.160. The molecule has 2 N–H and O–H groups in total. The topological polar surface area (TPSA) is 58.6 Å². The molecule has 2 aromatic rings. The average molecular weight is 313 g/mol. The highest BCUT2D eigenvalue weighted by Crippen LogP contribution is 2.20. The van der Waals surface area contributed by atoms with Crippen LogP contribution in [0.25, 0.3) is 0 Å². The van der Waals surface area contributed by atoms with Crippen molar-refractivity contribution >= 4 is 5.91 Å². The van der Waals surface area contributed by atoms with Crippen molar-refractivity contribution in [1.82, 2.24) is 5.32 Å². The Balaban J connectivity index is 1.97. The third-order valence-corrected chi connectivity index (χ3v) is 3.57. The zero-order valence-corrected chi connectivity index (χ0v) is 13.5. The van der Waals surface area contributed by atoms with Gasteiger partial charge in [-0.15, -0.1) is 0 Å². The lowest BCUT2D eigenvalue weighted by Crippen LogP contribution is -2.34. The third kappa shape index (κ3) is 4.83. The van der Waals surface area contributed by atoms with Crippen molar-refractivity contribution in [2.24, 2.45) is 0 Å². The molecule has 0 fully saturated rings. The maximum Gasteiger partial charge on any atom is 0.255 e. The average Bonchev–Trinajstić information content (AvgIpc) is 2.56. The second-order valence-corrected chi connectivity index (χ2v) is 5.47. The summed E-state index contributed by atoms with van der Waals surface area (Å²) in [7, 11) is 0. The molecule has 0 spiro atoms. The van der Waals surface area contributed by atoms with Gasteiger partial charge >= 0.3 is 0 Å². The molecule has 2 rings (SSSR count). The zero-order valence-electron chi connectivity index (χ0n) is 13.5. The maximum absolute atomic E-state index is 12.4. The van der Waals surface area contributed by atoms with Crippen LogP contribution in [0, 0.1) is 0 Å². The van der Waals surface area contributed by atoms with E-state index >= 15 is 0 Å². The number of aliphatic hydroxyl groups excluding tert-OH is 1. The summed E-state index contributed by atoms with van der Waals surface area (Å²) in [6.07, 6.45) is -0.152. The van der Waals surface area contributed by atoms with Gasteiger partial charge in [-0.25, -0.2) is 0 Å². The molecule has 0 aliphatic carbocycles. The number of benzene rings is 2. The van der Waals surface area contributed by atoms with E-state index in [2.05, 4.69) is 5.32 Å². The number of amides is 1. The SMILES string of the molecule is CCOc1ccccc1C(=O)NC(C)CC(O)c1ccccc1. The first-order chi connectivity index (χ1) is 11.1. The third-order valence-electron chi connectivity index (χ3n) is 3.57. The minimum Gasteiger partial charge on any atom is -0.493 e. The van der Waals surface area contributed by atoms with Crippen molar-refractivity contribution in [3.8, 4) is 5.75 Å². The van der Waals surface area contributed by atoms with Gasteiger partial charge in [-0.05, 0) is 38.0 Å². The van der Waals surface area contributed by atoms with Gasteiger partial charge < -0.3 is 15.2 Å². The van der Waals surface area contributed by atoms with E-state index in [-0.39, 0.29) is 11.9 Å². The normalized spacial score (nSPS) is 13.2. The summed E-state index contributed by atoms with van der Waals surface area (Å²) in [5.74, 6) is 0.380. The van der Waals surface area contributed by atoms with E-state index in [1.165, 1.54) is 0 Å². The number of para-hydroxylation sites is 1. The monoisotopic (exact) mass is 313 g/mol. The molecule has 0 aliphatic heterocycles. The predicted molar refractivity (Wildman–Crippen MR) is 90.6 cm³/mol. The van der Waals surface area contributed by atoms with Gasteiger partial charge in [-0.1, -0.05) is 42.5 Å². The highest BCUT2D eigenvalue weighted by molar-refractivity contribution is 5.97. The molecule has 23 heavy (non-hydrogen) atoms. The number of carbonyl (C=O) groups is 1. The van der Waals surface area contributed by atoms with Crippen LogP contribution < -0.4 is 10.1 Å². The number of ether oxygens (including phenoxy) is 1. The second kappa shape index (κ2) is 8.34. The van der Waals surface area contributed by atoms with Gasteiger partial charge in [-0.3, -0.25) is 4.79 Å². The Morgan fingerprint density at radius 3 is 2.48 bits per heavy atom. The van der Waals surface area contributed by atoms with E-state index < -0.39 is 6.10 Å². The predicted octanol–water partition coefficient (Wildman–Crippen LogP) is 3.33. The van der Waals surface area contributed by atoms with Crippen LogP contribution in [0.15, 0.2) is 54.6 Å². The molecule has 0 heterocycles. The fourth-order valence-electron chi connectivity index (χ4n) is 2.44. The fraction of sp³-hybridized carbons (Fsp3) is 0.316. The molecule has 4 heteroatoms. The molecule has 2 unspecified atom stereocenters. The number of hydrogen-bond acceptors (Lipinski definition) is 3. The van der Waals surface area contributed by atoms with Crippen LogP contribution in [0.2, 0.25) is 0 Å². The Morgan fingerprint density at radius 2 is 1.78 bits per heavy atom. The van der Waals surface area contributed by atoms with E-state index in [9.17, 15) is 9.90 Å². The Hall–Kier alpha value is -2.33. The van der Waals surface area contributed by atoms with E-state index in [1.807, 2.05) is 50.2 Å². The highest BCUT2D eigenvalue weighted by Gasteiger charge is 2.17. The van der Waals surface area contributed by atoms with Crippen LogP contribution in [0.4, 0.5) is 0 Å². The molecule has 2 aromatic carbocycles. The van der Waals surface area contributed by atoms with E-state index in [0.29, 0.717) is 24.3 Å². The van der Waals surface area contributed by atoms with Gasteiger partial charge in [0, 0.05) is 6.04 Å². The van der Waals surface area contributed by atoms with E-state index in [1.54, 1.807) is 18.2 Å². The van der Waals surface area contributed by atoms with E-state index in [4.69, 9.17) is 4.74 Å². The maximum atomic E-state index is 12.4. The molecular formula is C19H23NO3. The van der Waals surface area contributed by atoms with Gasteiger partial charge in [0.05, 0.1) is 18.3 Å². The molecule has 0 saturated carbocycles. The molecule has 0 saturated heterocycles. The van der Waals surface area contributed by atoms with Gasteiger partial charge in [-0.2, -0.15) is 0 Å². The van der Waals surface area contributed by atoms with Gasteiger partial charge in [0.1, 0.15) is 5.75 Å². The van der Waals surface area contributed by atoms with Gasteiger partial charge in [0.2, 0.25) is 0 Å². The smallest absolute Gasteiger partial charge is 0.255 e.